The summed E-state index contributed by atoms with van der Waals surface area (Å²) >= 11 is 0. The number of fused-ring (bicyclic) bond motifs is 1. The first kappa shape index (κ1) is 15.1. The Morgan fingerprint density at radius 1 is 1.33 bits per heavy atom. The highest BCUT2D eigenvalue weighted by Crippen LogP contribution is 2.22. The van der Waals surface area contributed by atoms with Gasteiger partial charge in [0.2, 0.25) is 5.95 Å². The zero-order valence-electron chi connectivity index (χ0n) is 13.5. The number of aromatic nitrogens is 2. The molecule has 24 heavy (non-hydrogen) atoms. The van der Waals surface area contributed by atoms with E-state index in [9.17, 15) is 0 Å². The van der Waals surface area contributed by atoms with Crippen molar-refractivity contribution in [2.45, 2.75) is 12.3 Å². The fourth-order valence-electron chi connectivity index (χ4n) is 3.40. The van der Waals surface area contributed by atoms with E-state index in [1.54, 1.807) is 0 Å². The van der Waals surface area contributed by atoms with E-state index in [4.69, 9.17) is 5.26 Å². The number of nitriles is 1. The van der Waals surface area contributed by atoms with Gasteiger partial charge in [-0.2, -0.15) is 5.26 Å². The minimum absolute atomic E-state index is 0.478. The highest BCUT2D eigenvalue weighted by atomic mass is 15.4. The highest BCUT2D eigenvalue weighted by Gasteiger charge is 2.21. The van der Waals surface area contributed by atoms with Gasteiger partial charge in [0, 0.05) is 50.2 Å². The van der Waals surface area contributed by atoms with Crippen molar-refractivity contribution in [2.75, 3.05) is 38.0 Å². The molecule has 3 heterocycles. The van der Waals surface area contributed by atoms with E-state index in [1.807, 2.05) is 11.1 Å². The van der Waals surface area contributed by atoms with E-state index >= 15 is 0 Å². The number of likely N-dealkylation sites (tertiary alicyclic amines) is 1. The second kappa shape index (κ2) is 6.59. The van der Waals surface area contributed by atoms with Gasteiger partial charge in [-0.15, -0.1) is 0 Å². The topological polar surface area (TPSA) is 88.9 Å². The van der Waals surface area contributed by atoms with Crippen LogP contribution in [0.15, 0.2) is 24.4 Å². The van der Waals surface area contributed by atoms with Gasteiger partial charge >= 0.3 is 0 Å². The maximum atomic E-state index is 8.93. The molecule has 7 nitrogen and oxygen atoms in total. The lowest BCUT2D eigenvalue weighted by molar-refractivity contribution is 0.460. The third-order valence-corrected chi connectivity index (χ3v) is 4.88. The van der Waals surface area contributed by atoms with Crippen LogP contribution in [0.4, 0.5) is 5.95 Å². The van der Waals surface area contributed by atoms with E-state index in [0.717, 1.165) is 50.0 Å². The number of hydrazine groups is 1. The number of nitrogens with zero attached hydrogens (tertiary/aromatic N) is 4. The van der Waals surface area contributed by atoms with Crippen molar-refractivity contribution in [2.24, 2.45) is 5.92 Å². The van der Waals surface area contributed by atoms with Crippen LogP contribution in [0.25, 0.3) is 10.9 Å². The van der Waals surface area contributed by atoms with Crippen LogP contribution in [0.2, 0.25) is 0 Å². The second-order valence-electron chi connectivity index (χ2n) is 6.55. The van der Waals surface area contributed by atoms with E-state index < -0.39 is 0 Å². The van der Waals surface area contributed by atoms with E-state index in [2.05, 4.69) is 50.5 Å². The monoisotopic (exact) mass is 323 g/mol. The predicted octanol–water partition coefficient (Wildman–Crippen LogP) is 1.04. The normalized spacial score (nSPS) is 21.3. The van der Waals surface area contributed by atoms with Gasteiger partial charge in [-0.1, -0.05) is 12.1 Å². The van der Waals surface area contributed by atoms with Crippen molar-refractivity contribution < 1.29 is 0 Å². The summed E-state index contributed by atoms with van der Waals surface area (Å²) in [7, 11) is 0. The lowest BCUT2D eigenvalue weighted by Crippen LogP contribution is -2.21. The molecule has 0 spiro atoms. The van der Waals surface area contributed by atoms with Crippen LogP contribution in [0, 0.1) is 17.4 Å². The van der Waals surface area contributed by atoms with Gasteiger partial charge in [-0.25, -0.2) is 9.97 Å². The molecule has 1 aromatic heterocycles. The van der Waals surface area contributed by atoms with Crippen molar-refractivity contribution in [3.63, 3.8) is 0 Å². The molecule has 2 saturated heterocycles. The maximum absolute atomic E-state index is 8.93. The Morgan fingerprint density at radius 3 is 3.00 bits per heavy atom. The molecule has 1 aromatic carbocycles. The Hall–Kier alpha value is -2.43. The van der Waals surface area contributed by atoms with Crippen LogP contribution in [0.5, 0.6) is 0 Å². The van der Waals surface area contributed by atoms with Gasteiger partial charge in [0.05, 0.1) is 5.52 Å². The summed E-state index contributed by atoms with van der Waals surface area (Å²) in [5.74, 6) is 1.62. The van der Waals surface area contributed by atoms with Gasteiger partial charge in [-0.05, 0) is 24.0 Å². The zero-order valence-corrected chi connectivity index (χ0v) is 13.5. The van der Waals surface area contributed by atoms with Crippen molar-refractivity contribution in [3.05, 3.63) is 30.0 Å². The van der Waals surface area contributed by atoms with Crippen LogP contribution < -0.4 is 16.2 Å². The average molecular weight is 323 g/mol. The van der Waals surface area contributed by atoms with Gasteiger partial charge in [0.25, 0.3) is 0 Å². The molecule has 4 rings (SSSR count). The summed E-state index contributed by atoms with van der Waals surface area (Å²) in [5, 5.41) is 13.3. The minimum Gasteiger partial charge on any atom is -0.354 e. The minimum atomic E-state index is 0.478. The van der Waals surface area contributed by atoms with E-state index in [1.165, 1.54) is 5.56 Å². The molecule has 0 saturated carbocycles. The SMILES string of the molecule is N#CN1CC[C@H](CNc2ncc3ccc(C4CNNC4)cc3n2)C1. The third kappa shape index (κ3) is 3.11. The second-order valence-corrected chi connectivity index (χ2v) is 6.55. The van der Waals surface area contributed by atoms with Gasteiger partial charge in [0.15, 0.2) is 6.19 Å². The standard InChI is InChI=1S/C17H21N7/c18-11-24-4-3-12(10-24)6-19-17-20-7-14-2-1-13(5-16(14)23-17)15-8-21-22-9-15/h1-2,5,7,12,15,21-22H,3-4,6,8-10H2,(H,19,20,23)/t12-/m1/s1. The smallest absolute Gasteiger partial charge is 0.223 e. The lowest BCUT2D eigenvalue weighted by Gasteiger charge is -2.12. The number of benzene rings is 1. The average Bonchev–Trinajstić information content (AvgIpc) is 3.31. The molecule has 0 aliphatic carbocycles. The molecule has 2 fully saturated rings. The molecular weight excluding hydrogens is 302 g/mol. The number of hydrogen-bond acceptors (Lipinski definition) is 7. The molecular formula is C17H21N7. The molecule has 0 radical (unpaired) electrons. The summed E-state index contributed by atoms with van der Waals surface area (Å²) in [6.07, 6.45) is 5.13. The van der Waals surface area contributed by atoms with Gasteiger partial charge in [-0.3, -0.25) is 10.9 Å². The molecule has 0 bridgehead atoms. The highest BCUT2D eigenvalue weighted by molar-refractivity contribution is 5.79. The molecule has 7 heteroatoms. The molecule has 3 N–H and O–H groups in total. The summed E-state index contributed by atoms with van der Waals surface area (Å²) in [4.78, 5) is 10.9. The fraction of sp³-hybridized carbons (Fsp3) is 0.471. The fourth-order valence-corrected chi connectivity index (χ4v) is 3.40. The molecule has 124 valence electrons. The first-order valence-corrected chi connectivity index (χ1v) is 8.43. The predicted molar refractivity (Wildman–Crippen MR) is 92.1 cm³/mol. The Morgan fingerprint density at radius 2 is 2.21 bits per heavy atom. The van der Waals surface area contributed by atoms with Crippen LogP contribution in [0.1, 0.15) is 17.9 Å². The number of hydrogen-bond donors (Lipinski definition) is 3. The lowest BCUT2D eigenvalue weighted by atomic mass is 9.99. The van der Waals surface area contributed by atoms with Gasteiger partial charge in [0.1, 0.15) is 0 Å². The van der Waals surface area contributed by atoms with Crippen molar-refractivity contribution in [1.29, 1.82) is 5.26 Å². The van der Waals surface area contributed by atoms with Gasteiger partial charge < -0.3 is 10.2 Å². The van der Waals surface area contributed by atoms with Crippen molar-refractivity contribution >= 4 is 16.9 Å². The molecule has 2 aliphatic rings. The Labute approximate surface area is 141 Å². The van der Waals surface area contributed by atoms with E-state index in [-0.39, 0.29) is 0 Å². The number of anilines is 1. The van der Waals surface area contributed by atoms with Crippen LogP contribution >= 0.6 is 0 Å². The van der Waals surface area contributed by atoms with Crippen LogP contribution in [0.3, 0.4) is 0 Å². The van der Waals surface area contributed by atoms with E-state index in [0.29, 0.717) is 17.8 Å². The maximum Gasteiger partial charge on any atom is 0.223 e. The third-order valence-electron chi connectivity index (χ3n) is 4.88. The first-order chi connectivity index (χ1) is 11.8. The Kier molecular flexibility index (Phi) is 4.15. The molecule has 0 amide bonds. The number of rotatable bonds is 4. The largest absolute Gasteiger partial charge is 0.354 e. The summed E-state index contributed by atoms with van der Waals surface area (Å²) in [5.41, 5.74) is 8.61. The van der Waals surface area contributed by atoms with Crippen LogP contribution in [-0.2, 0) is 0 Å². The van der Waals surface area contributed by atoms with Crippen LogP contribution in [-0.4, -0.2) is 47.6 Å². The van der Waals surface area contributed by atoms with Crippen molar-refractivity contribution in [1.82, 2.24) is 25.7 Å². The zero-order chi connectivity index (χ0) is 16.4. The number of nitrogens with one attached hydrogen (secondary N) is 3. The molecule has 2 aromatic rings. The first-order valence-electron chi connectivity index (χ1n) is 8.43. The Bertz CT molecular complexity index is 763. The summed E-state index contributed by atoms with van der Waals surface area (Å²) < 4.78 is 0. The summed E-state index contributed by atoms with van der Waals surface area (Å²) in [6, 6.07) is 6.41. The van der Waals surface area contributed by atoms with Crippen molar-refractivity contribution in [3.8, 4) is 6.19 Å². The molecule has 2 aliphatic heterocycles. The quantitative estimate of drug-likeness (QED) is 0.724. The molecule has 1 atom stereocenters. The molecule has 0 unspecified atom stereocenters. The summed E-state index contributed by atoms with van der Waals surface area (Å²) in [6.45, 7) is 4.37. The Balaban J connectivity index is 1.46.